The van der Waals surface area contributed by atoms with Crippen LogP contribution in [0.2, 0.25) is 0 Å². The van der Waals surface area contributed by atoms with Crippen molar-refractivity contribution < 1.29 is 0 Å². The lowest BCUT2D eigenvalue weighted by atomic mass is 9.97. The lowest BCUT2D eigenvalue weighted by molar-refractivity contribution is 0.557. The molecule has 84 valence electrons. The molecule has 1 aromatic rings. The van der Waals surface area contributed by atoms with E-state index in [1.165, 1.54) is 29.5 Å². The lowest BCUT2D eigenvalue weighted by Gasteiger charge is -2.15. The first kappa shape index (κ1) is 10.5. The van der Waals surface area contributed by atoms with Crippen molar-refractivity contribution in [3.05, 3.63) is 34.1 Å². The van der Waals surface area contributed by atoms with E-state index in [9.17, 15) is 0 Å². The molecule has 2 aliphatic rings. The number of nitrogens with zero attached hydrogens (tertiary/aromatic N) is 1. The van der Waals surface area contributed by atoms with Crippen molar-refractivity contribution in [2.45, 2.75) is 25.8 Å². The van der Waals surface area contributed by atoms with Crippen molar-refractivity contribution in [1.29, 1.82) is 0 Å². The van der Waals surface area contributed by atoms with Gasteiger partial charge in [0.15, 0.2) is 0 Å². The summed E-state index contributed by atoms with van der Waals surface area (Å²) in [4.78, 5) is 4.39. The van der Waals surface area contributed by atoms with Gasteiger partial charge < -0.3 is 5.32 Å². The maximum Gasteiger partial charge on any atom is 0.109 e. The molecule has 1 aromatic heterocycles. The fourth-order valence-electron chi connectivity index (χ4n) is 2.79. The minimum atomic E-state index is 0.572. The first-order chi connectivity index (χ1) is 7.75. The number of aryl methyl sites for hydroxylation is 1. The molecule has 3 rings (SSSR count). The molecule has 0 radical (unpaired) electrons. The summed E-state index contributed by atoms with van der Waals surface area (Å²) in [5.41, 5.74) is 3.94. The third kappa shape index (κ3) is 1.62. The fourth-order valence-corrected chi connectivity index (χ4v) is 3.01. The molecule has 0 amide bonds. The standard InChI is InChI=1S/C13H15BrN2/c1-8-6-10(7-16-13(8)14)11-3-2-9-4-5-15-12(9)11/h3,6-7,9,12,15H,2,4-5H2,1H3/t9-,12+/m1/s1. The number of hydrogen-bond donors (Lipinski definition) is 1. The van der Waals surface area contributed by atoms with E-state index < -0.39 is 0 Å². The number of hydrogen-bond acceptors (Lipinski definition) is 2. The number of pyridine rings is 1. The molecule has 2 heterocycles. The van der Waals surface area contributed by atoms with Crippen molar-refractivity contribution in [3.8, 4) is 0 Å². The molecule has 0 bridgehead atoms. The molecule has 1 saturated heterocycles. The second-order valence-corrected chi connectivity index (χ2v) is 5.46. The molecule has 2 atom stereocenters. The minimum Gasteiger partial charge on any atom is -0.310 e. The number of aromatic nitrogens is 1. The second kappa shape index (κ2) is 3.97. The quantitative estimate of drug-likeness (QED) is 0.799. The van der Waals surface area contributed by atoms with E-state index in [1.54, 1.807) is 0 Å². The predicted molar refractivity (Wildman–Crippen MR) is 69.2 cm³/mol. The van der Waals surface area contributed by atoms with Gasteiger partial charge in [-0.1, -0.05) is 6.08 Å². The van der Waals surface area contributed by atoms with Crippen LogP contribution in [0.15, 0.2) is 22.9 Å². The number of rotatable bonds is 1. The van der Waals surface area contributed by atoms with E-state index in [0.717, 1.165) is 17.1 Å². The van der Waals surface area contributed by atoms with Crippen LogP contribution in [0.4, 0.5) is 0 Å². The third-order valence-corrected chi connectivity index (χ3v) is 4.50. The van der Waals surface area contributed by atoms with Gasteiger partial charge in [0, 0.05) is 12.2 Å². The molecule has 16 heavy (non-hydrogen) atoms. The summed E-state index contributed by atoms with van der Waals surface area (Å²) < 4.78 is 0.950. The summed E-state index contributed by atoms with van der Waals surface area (Å²) in [6.45, 7) is 3.26. The van der Waals surface area contributed by atoms with Crippen LogP contribution in [-0.2, 0) is 0 Å². The van der Waals surface area contributed by atoms with Gasteiger partial charge in [-0.15, -0.1) is 0 Å². The van der Waals surface area contributed by atoms with E-state index in [1.807, 2.05) is 6.20 Å². The average Bonchev–Trinajstić information content (AvgIpc) is 2.83. The number of halogens is 1. The smallest absolute Gasteiger partial charge is 0.109 e. The Kier molecular flexibility index (Phi) is 2.60. The highest BCUT2D eigenvalue weighted by atomic mass is 79.9. The Bertz CT molecular complexity index is 453. The largest absolute Gasteiger partial charge is 0.310 e. The number of nitrogens with one attached hydrogen (secondary N) is 1. The van der Waals surface area contributed by atoms with E-state index in [4.69, 9.17) is 0 Å². The Morgan fingerprint density at radius 3 is 3.19 bits per heavy atom. The average molecular weight is 279 g/mol. The van der Waals surface area contributed by atoms with Gasteiger partial charge in [0.1, 0.15) is 4.60 Å². The van der Waals surface area contributed by atoms with Crippen LogP contribution in [-0.4, -0.2) is 17.6 Å². The summed E-state index contributed by atoms with van der Waals surface area (Å²) in [5, 5.41) is 3.59. The van der Waals surface area contributed by atoms with Crippen LogP contribution >= 0.6 is 15.9 Å². The number of allylic oxidation sites excluding steroid dienone is 1. The van der Waals surface area contributed by atoms with Crippen LogP contribution in [0.25, 0.3) is 5.57 Å². The summed E-state index contributed by atoms with van der Waals surface area (Å²) in [6, 6.07) is 2.80. The highest BCUT2D eigenvalue weighted by molar-refractivity contribution is 9.10. The molecule has 0 spiro atoms. The van der Waals surface area contributed by atoms with E-state index in [0.29, 0.717) is 6.04 Å². The maximum absolute atomic E-state index is 4.39. The van der Waals surface area contributed by atoms with Gasteiger partial charge in [-0.2, -0.15) is 0 Å². The Balaban J connectivity index is 1.95. The van der Waals surface area contributed by atoms with E-state index in [-0.39, 0.29) is 0 Å². The Morgan fingerprint density at radius 1 is 1.50 bits per heavy atom. The normalized spacial score (nSPS) is 28.0. The molecule has 2 nitrogen and oxygen atoms in total. The summed E-state index contributed by atoms with van der Waals surface area (Å²) in [6.07, 6.45) is 6.90. The molecule has 1 N–H and O–H groups in total. The Hall–Kier alpha value is -0.670. The SMILES string of the molecule is Cc1cc(C2=CC[C@@H]3CCN[C@H]23)cnc1Br. The highest BCUT2D eigenvalue weighted by Crippen LogP contribution is 2.37. The van der Waals surface area contributed by atoms with Gasteiger partial charge in [0.05, 0.1) is 0 Å². The first-order valence-corrected chi connectivity index (χ1v) is 6.61. The summed E-state index contributed by atoms with van der Waals surface area (Å²) in [7, 11) is 0. The molecule has 3 heteroatoms. The molecule has 1 aliphatic heterocycles. The Labute approximate surface area is 104 Å². The van der Waals surface area contributed by atoms with Crippen molar-refractivity contribution in [2.75, 3.05) is 6.54 Å². The van der Waals surface area contributed by atoms with E-state index in [2.05, 4.69) is 45.3 Å². The zero-order chi connectivity index (χ0) is 11.1. The van der Waals surface area contributed by atoms with Crippen LogP contribution in [0, 0.1) is 12.8 Å². The fraction of sp³-hybridized carbons (Fsp3) is 0.462. The lowest BCUT2D eigenvalue weighted by Crippen LogP contribution is -2.24. The number of fused-ring (bicyclic) bond motifs is 1. The van der Waals surface area contributed by atoms with Gasteiger partial charge in [0.25, 0.3) is 0 Å². The Morgan fingerprint density at radius 2 is 2.38 bits per heavy atom. The minimum absolute atomic E-state index is 0.572. The van der Waals surface area contributed by atoms with Gasteiger partial charge in [-0.05, 0) is 70.9 Å². The second-order valence-electron chi connectivity index (χ2n) is 4.71. The molecule has 1 aliphatic carbocycles. The maximum atomic E-state index is 4.39. The molecular weight excluding hydrogens is 264 g/mol. The molecule has 0 aromatic carbocycles. The monoisotopic (exact) mass is 278 g/mol. The zero-order valence-corrected chi connectivity index (χ0v) is 10.9. The van der Waals surface area contributed by atoms with Crippen LogP contribution in [0.5, 0.6) is 0 Å². The van der Waals surface area contributed by atoms with Crippen LogP contribution < -0.4 is 5.32 Å². The molecular formula is C13H15BrN2. The highest BCUT2D eigenvalue weighted by Gasteiger charge is 2.33. The molecule has 0 saturated carbocycles. The summed E-state index contributed by atoms with van der Waals surface area (Å²) in [5.74, 6) is 0.818. The molecule has 1 fully saturated rings. The topological polar surface area (TPSA) is 24.9 Å². The van der Waals surface area contributed by atoms with Crippen molar-refractivity contribution in [2.24, 2.45) is 5.92 Å². The third-order valence-electron chi connectivity index (χ3n) is 3.67. The van der Waals surface area contributed by atoms with Gasteiger partial charge in [-0.25, -0.2) is 4.98 Å². The van der Waals surface area contributed by atoms with E-state index >= 15 is 0 Å². The van der Waals surface area contributed by atoms with Crippen LogP contribution in [0.1, 0.15) is 24.0 Å². The summed E-state index contributed by atoms with van der Waals surface area (Å²) >= 11 is 3.45. The van der Waals surface area contributed by atoms with Gasteiger partial charge in [0.2, 0.25) is 0 Å². The predicted octanol–water partition coefficient (Wildman–Crippen LogP) is 2.92. The van der Waals surface area contributed by atoms with Gasteiger partial charge >= 0.3 is 0 Å². The first-order valence-electron chi connectivity index (χ1n) is 5.81. The molecule has 0 unspecified atom stereocenters. The van der Waals surface area contributed by atoms with Gasteiger partial charge in [-0.3, -0.25) is 0 Å². The van der Waals surface area contributed by atoms with Crippen LogP contribution in [0.3, 0.4) is 0 Å². The van der Waals surface area contributed by atoms with Crippen molar-refractivity contribution >= 4 is 21.5 Å². The van der Waals surface area contributed by atoms with Crippen molar-refractivity contribution in [3.63, 3.8) is 0 Å². The van der Waals surface area contributed by atoms with Crippen molar-refractivity contribution in [1.82, 2.24) is 10.3 Å². The zero-order valence-electron chi connectivity index (χ0n) is 9.33.